The van der Waals surface area contributed by atoms with Gasteiger partial charge in [0.1, 0.15) is 17.7 Å². The van der Waals surface area contributed by atoms with Gasteiger partial charge in [-0.1, -0.05) is 54.4 Å². The van der Waals surface area contributed by atoms with E-state index < -0.39 is 47.7 Å². The summed E-state index contributed by atoms with van der Waals surface area (Å²) in [5, 5.41) is 30.8. The van der Waals surface area contributed by atoms with Crippen molar-refractivity contribution in [2.24, 2.45) is 17.8 Å². The third-order valence-electron chi connectivity index (χ3n) is 6.78. The first-order valence-corrected chi connectivity index (χ1v) is 14.7. The number of rotatable bonds is 18. The second-order valence-electron chi connectivity index (χ2n) is 12.2. The molecule has 11 nitrogen and oxygen atoms in total. The van der Waals surface area contributed by atoms with E-state index in [1.807, 2.05) is 41.5 Å². The lowest BCUT2D eigenvalue weighted by atomic mass is 9.93. The molecule has 0 aliphatic heterocycles. The average Bonchev–Trinajstić information content (AvgIpc) is 2.85. The molecule has 0 aromatic heterocycles. The van der Waals surface area contributed by atoms with Gasteiger partial charge in [-0.05, 0) is 57.8 Å². The van der Waals surface area contributed by atoms with Crippen LogP contribution in [0.2, 0.25) is 0 Å². The van der Waals surface area contributed by atoms with Crippen LogP contribution in [0.1, 0.15) is 101 Å². The number of unbranched alkanes of at least 4 members (excludes halogenated alkanes) is 1. The molecule has 0 radical (unpaired) electrons. The zero-order valence-corrected chi connectivity index (χ0v) is 26.1. The number of carbonyl (C=O) groups is 4. The fraction of sp³-hybridized carbons (Fsp3) is 0.862. The van der Waals surface area contributed by atoms with Crippen molar-refractivity contribution < 1.29 is 34.1 Å². The number of ether oxygens (including phenoxy) is 1. The lowest BCUT2D eigenvalue weighted by Gasteiger charge is -2.32. The molecule has 0 aromatic carbocycles. The Kier molecular flexibility index (Phi) is 17.7. The highest BCUT2D eigenvalue weighted by molar-refractivity contribution is 5.91. The van der Waals surface area contributed by atoms with Crippen molar-refractivity contribution in [1.82, 2.24) is 21.3 Å². The molecule has 0 saturated heterocycles. The minimum Gasteiger partial charge on any atom is -0.444 e. The number of nitrogens with one attached hydrogen (secondary N) is 4. The normalized spacial score (nSPS) is 16.2. The molecule has 0 aliphatic rings. The smallest absolute Gasteiger partial charge is 0.408 e. The van der Waals surface area contributed by atoms with Crippen LogP contribution in [0.3, 0.4) is 0 Å². The van der Waals surface area contributed by atoms with E-state index in [0.29, 0.717) is 38.6 Å². The highest BCUT2D eigenvalue weighted by Gasteiger charge is 2.35. The summed E-state index contributed by atoms with van der Waals surface area (Å²) in [7, 11) is 0. The van der Waals surface area contributed by atoms with Crippen LogP contribution in [0, 0.1) is 17.8 Å². The van der Waals surface area contributed by atoms with Gasteiger partial charge in [0.15, 0.2) is 0 Å². The molecule has 6 atom stereocenters. The summed E-state index contributed by atoms with van der Waals surface area (Å²) in [5.41, 5.74) is -0.734. The molecule has 0 saturated carbocycles. The molecule has 0 spiro atoms. The maximum Gasteiger partial charge on any atom is 0.408 e. The third-order valence-corrected chi connectivity index (χ3v) is 6.78. The van der Waals surface area contributed by atoms with Crippen LogP contribution in [-0.2, 0) is 19.1 Å². The van der Waals surface area contributed by atoms with Crippen molar-refractivity contribution in [3.05, 3.63) is 0 Å². The first kappa shape index (κ1) is 37.6. The monoisotopic (exact) mass is 572 g/mol. The predicted molar refractivity (Wildman–Crippen MR) is 155 cm³/mol. The number of hydrogen-bond acceptors (Lipinski definition) is 7. The molecule has 0 bridgehead atoms. The van der Waals surface area contributed by atoms with Crippen LogP contribution >= 0.6 is 0 Å². The van der Waals surface area contributed by atoms with Crippen molar-refractivity contribution in [1.29, 1.82) is 0 Å². The van der Waals surface area contributed by atoms with Gasteiger partial charge < -0.3 is 36.2 Å². The Hall–Kier alpha value is -2.40. The van der Waals surface area contributed by atoms with Gasteiger partial charge in [-0.15, -0.1) is 0 Å². The summed E-state index contributed by atoms with van der Waals surface area (Å²) in [6.07, 6.45) is 0.808. The number of alkyl carbamates (subject to hydrolysis) is 1. The van der Waals surface area contributed by atoms with Crippen LogP contribution in [0.4, 0.5) is 4.79 Å². The Morgan fingerprint density at radius 2 is 1.35 bits per heavy atom. The maximum absolute atomic E-state index is 13.5. The Morgan fingerprint density at radius 1 is 0.825 bits per heavy atom. The van der Waals surface area contributed by atoms with Crippen molar-refractivity contribution >= 4 is 23.8 Å². The van der Waals surface area contributed by atoms with Crippen LogP contribution in [0.5, 0.6) is 0 Å². The van der Waals surface area contributed by atoms with Crippen molar-refractivity contribution in [2.45, 2.75) is 131 Å². The summed E-state index contributed by atoms with van der Waals surface area (Å²) in [5.74, 6) is -1.64. The van der Waals surface area contributed by atoms with E-state index in [1.165, 1.54) is 0 Å². The Labute approximate surface area is 241 Å². The van der Waals surface area contributed by atoms with Gasteiger partial charge in [0.2, 0.25) is 17.7 Å². The summed E-state index contributed by atoms with van der Waals surface area (Å²) in [4.78, 5) is 51.7. The number of aliphatic hydroxyl groups is 2. The van der Waals surface area contributed by atoms with Gasteiger partial charge in [-0.2, -0.15) is 0 Å². The molecular formula is C29H56N4O7. The fourth-order valence-corrected chi connectivity index (χ4v) is 4.04. The first-order chi connectivity index (χ1) is 18.6. The maximum atomic E-state index is 13.5. The Balaban J connectivity index is 5.66. The zero-order valence-electron chi connectivity index (χ0n) is 26.1. The molecule has 6 N–H and O–H groups in total. The molecule has 4 amide bonds. The van der Waals surface area contributed by atoms with E-state index in [0.717, 1.165) is 0 Å². The molecule has 234 valence electrons. The molecule has 3 unspecified atom stereocenters. The lowest BCUT2D eigenvalue weighted by molar-refractivity contribution is -0.133. The van der Waals surface area contributed by atoms with Crippen LogP contribution in [-0.4, -0.2) is 77.0 Å². The van der Waals surface area contributed by atoms with E-state index in [1.54, 1.807) is 20.8 Å². The Bertz CT molecular complexity index is 785. The molecular weight excluding hydrogens is 516 g/mol. The number of carbonyl (C=O) groups excluding carboxylic acids is 4. The topological polar surface area (TPSA) is 166 Å². The van der Waals surface area contributed by atoms with Crippen molar-refractivity contribution in [3.63, 3.8) is 0 Å². The van der Waals surface area contributed by atoms with Crippen LogP contribution < -0.4 is 21.3 Å². The molecule has 0 rings (SSSR count). The molecule has 40 heavy (non-hydrogen) atoms. The van der Waals surface area contributed by atoms with Gasteiger partial charge in [0.05, 0.1) is 18.6 Å². The standard InChI is InChI=1S/C29H56N4O7/c1-10-19(5)24(32-27(38)25(20(6)11-2)33-28(39)40-29(7,8)9)26(37)31-21(16-18(3)4)22(35)17-23(36)30-14-12-13-15-34/h18-22,24-25,34-35H,10-17H2,1-9H3,(H,30,36)(H,31,37)(H,32,38)(H,33,39)/t19?,20?,21-,22?,24-,25-/m0/s1. The SMILES string of the molecule is CCC(C)[C@H](NC(=O)OC(C)(C)C)C(=O)N[C@H](C(=O)N[C@@H](CC(C)C)C(O)CC(=O)NCCCCO)C(C)CC. The first-order valence-electron chi connectivity index (χ1n) is 14.7. The van der Waals surface area contributed by atoms with Crippen LogP contribution in [0.15, 0.2) is 0 Å². The minimum absolute atomic E-state index is 0.0457. The van der Waals surface area contributed by atoms with Crippen molar-refractivity contribution in [2.75, 3.05) is 13.2 Å². The highest BCUT2D eigenvalue weighted by Crippen LogP contribution is 2.16. The van der Waals surface area contributed by atoms with E-state index in [-0.39, 0.29) is 36.7 Å². The van der Waals surface area contributed by atoms with Gasteiger partial charge >= 0.3 is 6.09 Å². The largest absolute Gasteiger partial charge is 0.444 e. The van der Waals surface area contributed by atoms with E-state index in [2.05, 4.69) is 21.3 Å². The predicted octanol–water partition coefficient (Wildman–Crippen LogP) is 2.63. The third kappa shape index (κ3) is 15.4. The van der Waals surface area contributed by atoms with Crippen LogP contribution in [0.25, 0.3) is 0 Å². The lowest BCUT2D eigenvalue weighted by Crippen LogP contribution is -2.59. The second kappa shape index (κ2) is 18.9. The molecule has 0 aliphatic carbocycles. The van der Waals surface area contributed by atoms with Gasteiger partial charge in [0.25, 0.3) is 0 Å². The molecule has 0 aromatic rings. The second-order valence-corrected chi connectivity index (χ2v) is 12.2. The van der Waals surface area contributed by atoms with Gasteiger partial charge in [-0.25, -0.2) is 4.79 Å². The quantitative estimate of drug-likeness (QED) is 0.137. The molecule has 11 heteroatoms. The molecule has 0 heterocycles. The summed E-state index contributed by atoms with van der Waals surface area (Å²) < 4.78 is 5.34. The van der Waals surface area contributed by atoms with E-state index >= 15 is 0 Å². The number of aliphatic hydroxyl groups excluding tert-OH is 2. The summed E-state index contributed by atoms with van der Waals surface area (Å²) in [6, 6.07) is -2.53. The minimum atomic E-state index is -1.13. The number of amides is 4. The summed E-state index contributed by atoms with van der Waals surface area (Å²) >= 11 is 0. The molecule has 0 fully saturated rings. The van der Waals surface area contributed by atoms with Gasteiger partial charge in [-0.3, -0.25) is 14.4 Å². The Morgan fingerprint density at radius 3 is 1.82 bits per heavy atom. The number of hydrogen-bond donors (Lipinski definition) is 6. The van der Waals surface area contributed by atoms with Crippen molar-refractivity contribution in [3.8, 4) is 0 Å². The fourth-order valence-electron chi connectivity index (χ4n) is 4.04. The van der Waals surface area contributed by atoms with E-state index in [4.69, 9.17) is 9.84 Å². The highest BCUT2D eigenvalue weighted by atomic mass is 16.6. The zero-order chi connectivity index (χ0) is 31.0. The summed E-state index contributed by atoms with van der Waals surface area (Å²) in [6.45, 7) is 17.0. The van der Waals surface area contributed by atoms with Gasteiger partial charge in [0, 0.05) is 13.2 Å². The average molecular weight is 573 g/mol. The van der Waals surface area contributed by atoms with E-state index in [9.17, 15) is 24.3 Å².